The molecular weight excluding hydrogens is 260 g/mol. The van der Waals surface area contributed by atoms with Gasteiger partial charge in [-0.15, -0.1) is 0 Å². The zero-order valence-corrected chi connectivity index (χ0v) is 10.8. The van der Waals surface area contributed by atoms with Crippen molar-refractivity contribution in [3.8, 4) is 5.95 Å². The molecule has 0 aliphatic heterocycles. The summed E-state index contributed by atoms with van der Waals surface area (Å²) in [6, 6.07) is 7.43. The van der Waals surface area contributed by atoms with E-state index >= 15 is 0 Å². The van der Waals surface area contributed by atoms with E-state index in [1.165, 1.54) is 0 Å². The molecule has 0 unspecified atom stereocenters. The third kappa shape index (κ3) is 1.86. The second-order valence-corrected chi connectivity index (χ2v) is 4.53. The van der Waals surface area contributed by atoms with Crippen molar-refractivity contribution in [1.82, 2.24) is 14.5 Å². The highest BCUT2D eigenvalue weighted by atomic mass is 35.5. The first-order chi connectivity index (χ1) is 9.18. The zero-order valence-electron chi connectivity index (χ0n) is 10.0. The smallest absolute Gasteiger partial charge is 0.234 e. The minimum absolute atomic E-state index is 0.466. The molecule has 19 heavy (non-hydrogen) atoms. The molecule has 0 spiro atoms. The van der Waals surface area contributed by atoms with E-state index in [4.69, 9.17) is 17.3 Å². The normalized spacial score (nSPS) is 10.8. The van der Waals surface area contributed by atoms with Gasteiger partial charge < -0.3 is 5.73 Å². The van der Waals surface area contributed by atoms with Gasteiger partial charge in [0.1, 0.15) is 0 Å². The lowest BCUT2D eigenvalue weighted by atomic mass is 10.1. The van der Waals surface area contributed by atoms with E-state index < -0.39 is 0 Å². The van der Waals surface area contributed by atoms with Crippen LogP contribution < -0.4 is 5.73 Å². The number of aromatic nitrogens is 3. The molecule has 0 amide bonds. The van der Waals surface area contributed by atoms with Crippen LogP contribution in [0, 0.1) is 0 Å². The Bertz CT molecular complexity index is 762. The van der Waals surface area contributed by atoms with E-state index in [0.29, 0.717) is 16.7 Å². The lowest BCUT2D eigenvalue weighted by Gasteiger charge is -2.02. The van der Waals surface area contributed by atoms with Gasteiger partial charge >= 0.3 is 0 Å². The molecule has 1 aromatic carbocycles. The van der Waals surface area contributed by atoms with Crippen molar-refractivity contribution in [2.45, 2.75) is 0 Å². The first-order valence-electron chi connectivity index (χ1n) is 5.70. The highest BCUT2D eigenvalue weighted by Gasteiger charge is 2.14. The fraction of sp³-hybridized carbons (Fsp3) is 0. The number of fused-ring (bicyclic) bond motifs is 1. The first-order valence-corrected chi connectivity index (χ1v) is 6.08. The van der Waals surface area contributed by atoms with Crippen LogP contribution in [0.2, 0.25) is 5.02 Å². The van der Waals surface area contributed by atoms with Crippen molar-refractivity contribution >= 4 is 28.2 Å². The number of halogens is 1. The van der Waals surface area contributed by atoms with E-state index in [1.807, 2.05) is 29.0 Å². The maximum absolute atomic E-state index is 6.26. The van der Waals surface area contributed by atoms with Gasteiger partial charge in [0.25, 0.3) is 0 Å². The van der Waals surface area contributed by atoms with Crippen molar-refractivity contribution in [3.63, 3.8) is 0 Å². The molecule has 4 nitrogen and oxygen atoms in total. The summed E-state index contributed by atoms with van der Waals surface area (Å²) >= 11 is 6.26. The topological polar surface area (TPSA) is 56.7 Å². The second kappa shape index (κ2) is 4.40. The van der Waals surface area contributed by atoms with E-state index in [2.05, 4.69) is 16.5 Å². The Morgan fingerprint density at radius 1 is 1.21 bits per heavy atom. The second-order valence-electron chi connectivity index (χ2n) is 4.12. The van der Waals surface area contributed by atoms with Gasteiger partial charge in [-0.25, -0.2) is 9.97 Å². The highest BCUT2D eigenvalue weighted by Crippen LogP contribution is 2.31. The predicted octanol–water partition coefficient (Wildman–Crippen LogP) is 3.00. The number of nitrogens with zero attached hydrogens (tertiary/aromatic N) is 3. The SMILES string of the molecule is C=C(N)c1cn(-c2ncccn2)c2cccc(Cl)c12. The fourth-order valence-corrected chi connectivity index (χ4v) is 2.34. The van der Waals surface area contributed by atoms with Crippen LogP contribution in [0.25, 0.3) is 22.5 Å². The van der Waals surface area contributed by atoms with E-state index in [-0.39, 0.29) is 0 Å². The molecule has 3 aromatic rings. The summed E-state index contributed by atoms with van der Waals surface area (Å²) in [6.07, 6.45) is 5.24. The molecule has 0 aliphatic rings. The predicted molar refractivity (Wildman–Crippen MR) is 77.1 cm³/mol. The minimum Gasteiger partial charge on any atom is -0.399 e. The van der Waals surface area contributed by atoms with Gasteiger partial charge in [0.15, 0.2) is 0 Å². The maximum atomic E-state index is 6.26. The van der Waals surface area contributed by atoms with Crippen LogP contribution in [-0.2, 0) is 0 Å². The number of hydrogen-bond acceptors (Lipinski definition) is 3. The van der Waals surface area contributed by atoms with Crippen LogP contribution in [0.15, 0.2) is 49.4 Å². The molecule has 0 radical (unpaired) electrons. The summed E-state index contributed by atoms with van der Waals surface area (Å²) in [4.78, 5) is 8.48. The number of benzene rings is 1. The molecule has 3 rings (SSSR count). The Morgan fingerprint density at radius 2 is 1.95 bits per heavy atom. The van der Waals surface area contributed by atoms with Crippen LogP contribution in [0.1, 0.15) is 5.56 Å². The van der Waals surface area contributed by atoms with Crippen LogP contribution in [0.4, 0.5) is 0 Å². The van der Waals surface area contributed by atoms with Gasteiger partial charge in [-0.1, -0.05) is 24.2 Å². The van der Waals surface area contributed by atoms with Crippen molar-refractivity contribution in [3.05, 3.63) is 60.0 Å². The largest absolute Gasteiger partial charge is 0.399 e. The quantitative estimate of drug-likeness (QED) is 0.779. The Kier molecular flexibility index (Phi) is 2.72. The third-order valence-electron chi connectivity index (χ3n) is 2.89. The molecule has 0 bridgehead atoms. The maximum Gasteiger partial charge on any atom is 0.234 e. The average Bonchev–Trinajstić information content (AvgIpc) is 2.81. The molecule has 0 fully saturated rings. The molecule has 0 aliphatic carbocycles. The molecule has 2 heterocycles. The average molecular weight is 271 g/mol. The summed E-state index contributed by atoms with van der Waals surface area (Å²) in [6.45, 7) is 3.79. The molecule has 94 valence electrons. The van der Waals surface area contributed by atoms with E-state index in [9.17, 15) is 0 Å². The molecular formula is C14H11ClN4. The van der Waals surface area contributed by atoms with Crippen molar-refractivity contribution in [2.24, 2.45) is 5.73 Å². The van der Waals surface area contributed by atoms with Gasteiger partial charge in [0.05, 0.1) is 10.5 Å². The summed E-state index contributed by atoms with van der Waals surface area (Å²) < 4.78 is 1.86. The van der Waals surface area contributed by atoms with Gasteiger partial charge in [-0.2, -0.15) is 0 Å². The van der Waals surface area contributed by atoms with Gasteiger partial charge in [0.2, 0.25) is 5.95 Å². The van der Waals surface area contributed by atoms with Gasteiger partial charge in [-0.3, -0.25) is 4.57 Å². The van der Waals surface area contributed by atoms with Crippen LogP contribution in [0.3, 0.4) is 0 Å². The first kappa shape index (κ1) is 11.7. The van der Waals surface area contributed by atoms with Crippen LogP contribution in [0.5, 0.6) is 0 Å². The van der Waals surface area contributed by atoms with Gasteiger partial charge in [0, 0.05) is 35.2 Å². The lowest BCUT2D eigenvalue weighted by Crippen LogP contribution is -1.98. The Morgan fingerprint density at radius 3 is 2.63 bits per heavy atom. The molecule has 5 heteroatoms. The molecule has 2 N–H and O–H groups in total. The van der Waals surface area contributed by atoms with Crippen LogP contribution in [-0.4, -0.2) is 14.5 Å². The molecule has 0 saturated heterocycles. The van der Waals surface area contributed by atoms with Crippen molar-refractivity contribution < 1.29 is 0 Å². The number of nitrogens with two attached hydrogens (primary N) is 1. The summed E-state index contributed by atoms with van der Waals surface area (Å²) in [5, 5.41) is 1.50. The number of hydrogen-bond donors (Lipinski definition) is 1. The monoisotopic (exact) mass is 270 g/mol. The van der Waals surface area contributed by atoms with Crippen LogP contribution >= 0.6 is 11.6 Å². The fourth-order valence-electron chi connectivity index (χ4n) is 2.07. The standard InChI is InChI=1S/C14H11ClN4/c1-9(16)10-8-19(14-17-6-3-7-18-14)12-5-2-4-11(15)13(10)12/h2-8H,1,16H2. The molecule has 0 atom stereocenters. The molecule has 2 aromatic heterocycles. The highest BCUT2D eigenvalue weighted by molar-refractivity contribution is 6.36. The van der Waals surface area contributed by atoms with E-state index in [1.54, 1.807) is 18.5 Å². The zero-order chi connectivity index (χ0) is 13.4. The van der Waals surface area contributed by atoms with Crippen molar-refractivity contribution in [2.75, 3.05) is 0 Å². The Balaban J connectivity index is 2.39. The van der Waals surface area contributed by atoms with E-state index in [0.717, 1.165) is 16.5 Å². The summed E-state index contributed by atoms with van der Waals surface area (Å²) in [5.74, 6) is 0.572. The summed E-state index contributed by atoms with van der Waals surface area (Å²) in [5.41, 5.74) is 8.00. The third-order valence-corrected chi connectivity index (χ3v) is 3.21. The number of rotatable bonds is 2. The van der Waals surface area contributed by atoms with Gasteiger partial charge in [-0.05, 0) is 18.2 Å². The molecule has 0 saturated carbocycles. The Labute approximate surface area is 115 Å². The Hall–Kier alpha value is -2.33. The van der Waals surface area contributed by atoms with Crippen molar-refractivity contribution in [1.29, 1.82) is 0 Å². The minimum atomic E-state index is 0.466. The lowest BCUT2D eigenvalue weighted by molar-refractivity contribution is 0.961. The summed E-state index contributed by atoms with van der Waals surface area (Å²) in [7, 11) is 0.